The number of allylic oxidation sites excluding steroid dienone is 4. The van der Waals surface area contributed by atoms with Gasteiger partial charge >= 0.3 is 0 Å². The Morgan fingerprint density at radius 1 is 0.464 bits per heavy atom. The number of nitrogens with zero attached hydrogens (tertiary/aromatic N) is 1. The van der Waals surface area contributed by atoms with Crippen LogP contribution in [0.1, 0.15) is 56.9 Å². The summed E-state index contributed by atoms with van der Waals surface area (Å²) in [6, 6.07) is 60.2. The van der Waals surface area contributed by atoms with Crippen molar-refractivity contribution in [3.05, 3.63) is 204 Å². The zero-order valence-electron chi connectivity index (χ0n) is 32.8. The second-order valence-electron chi connectivity index (χ2n) is 16.2. The Morgan fingerprint density at radius 3 is 1.59 bits per heavy atom. The molecule has 0 amide bonds. The van der Waals surface area contributed by atoms with Crippen LogP contribution in [0, 0.1) is 12.3 Å². The van der Waals surface area contributed by atoms with E-state index in [1.54, 1.807) is 6.08 Å². The number of hydrogen-bond acceptors (Lipinski definition) is 1. The zero-order chi connectivity index (χ0) is 38.6. The van der Waals surface area contributed by atoms with Crippen LogP contribution in [0.5, 0.6) is 0 Å². The molecule has 0 aliphatic heterocycles. The van der Waals surface area contributed by atoms with Crippen LogP contribution in [-0.2, 0) is 10.8 Å². The molecular formula is C55H45N. The number of terminal acetylenes is 1. The lowest BCUT2D eigenvalue weighted by molar-refractivity contribution is 0.639. The number of anilines is 3. The van der Waals surface area contributed by atoms with Gasteiger partial charge in [0.15, 0.2) is 0 Å². The SMILES string of the molecule is C#C/C=C\C1=C(C)C(C)(C)c2cc(-c3ccc(N(c4ccc(-c5ccc6c(c5)C(C)(C)c5ccccc5-6)cc4)c4ccccc4-c4ccccc4)cc3)ccc21. The molecule has 0 aromatic heterocycles. The fraction of sp³-hybridized carbons (Fsp3) is 0.127. The highest BCUT2D eigenvalue weighted by molar-refractivity contribution is 5.91. The molecular weight excluding hydrogens is 675 g/mol. The van der Waals surface area contributed by atoms with Gasteiger partial charge in [0.1, 0.15) is 0 Å². The van der Waals surface area contributed by atoms with Crippen molar-refractivity contribution in [2.75, 3.05) is 4.90 Å². The van der Waals surface area contributed by atoms with Gasteiger partial charge in [-0.15, -0.1) is 6.42 Å². The third-order valence-corrected chi connectivity index (χ3v) is 12.4. The normalized spacial score (nSPS) is 14.6. The minimum Gasteiger partial charge on any atom is -0.310 e. The van der Waals surface area contributed by atoms with Crippen LogP contribution in [0.3, 0.4) is 0 Å². The second kappa shape index (κ2) is 13.6. The number of benzene rings is 7. The van der Waals surface area contributed by atoms with Crippen molar-refractivity contribution in [2.24, 2.45) is 0 Å². The summed E-state index contributed by atoms with van der Waals surface area (Å²) in [5, 5.41) is 0. The Hall–Kier alpha value is -6.62. The molecule has 9 rings (SSSR count). The van der Waals surface area contributed by atoms with Crippen LogP contribution >= 0.6 is 0 Å². The van der Waals surface area contributed by atoms with Gasteiger partial charge in [0.2, 0.25) is 0 Å². The van der Waals surface area contributed by atoms with Gasteiger partial charge in [-0.2, -0.15) is 0 Å². The van der Waals surface area contributed by atoms with E-state index in [0.29, 0.717) is 0 Å². The molecule has 2 aliphatic carbocycles. The van der Waals surface area contributed by atoms with E-state index in [4.69, 9.17) is 6.42 Å². The zero-order valence-corrected chi connectivity index (χ0v) is 32.8. The Bertz CT molecular complexity index is 2730. The van der Waals surface area contributed by atoms with Crippen LogP contribution in [0.25, 0.3) is 50.1 Å². The standard InChI is InChI=1S/C55H45N/c1-7-8-18-45-37(2)54(3,4)51-35-41(27-33-48(45)51)38-23-29-43(30-24-38)56(53-22-15-13-19-46(53)40-16-10-9-11-17-40)44-31-25-39(26-32-44)42-28-34-49-47-20-12-14-21-50(47)55(5,6)52(49)36-42/h1,8-36H,2-6H3/b18-8-. The molecule has 0 bridgehead atoms. The minimum atomic E-state index is -0.0787. The second-order valence-corrected chi connectivity index (χ2v) is 16.2. The topological polar surface area (TPSA) is 3.24 Å². The predicted octanol–water partition coefficient (Wildman–Crippen LogP) is 14.7. The van der Waals surface area contributed by atoms with Gasteiger partial charge in [-0.05, 0) is 128 Å². The summed E-state index contributed by atoms with van der Waals surface area (Å²) in [5.41, 5.74) is 21.1. The van der Waals surface area contributed by atoms with Crippen molar-refractivity contribution in [1.29, 1.82) is 0 Å². The van der Waals surface area contributed by atoms with E-state index >= 15 is 0 Å². The third-order valence-electron chi connectivity index (χ3n) is 12.4. The monoisotopic (exact) mass is 719 g/mol. The molecule has 0 spiro atoms. The molecule has 0 radical (unpaired) electrons. The van der Waals surface area contributed by atoms with E-state index in [1.807, 2.05) is 0 Å². The van der Waals surface area contributed by atoms with Gasteiger partial charge in [-0.1, -0.05) is 161 Å². The van der Waals surface area contributed by atoms with Crippen LogP contribution < -0.4 is 4.90 Å². The van der Waals surface area contributed by atoms with Crippen LogP contribution in [0.2, 0.25) is 0 Å². The van der Waals surface area contributed by atoms with E-state index in [1.165, 1.54) is 77.9 Å². The Labute approximate surface area is 332 Å². The molecule has 1 nitrogen and oxygen atoms in total. The third kappa shape index (κ3) is 5.73. The maximum atomic E-state index is 5.59. The highest BCUT2D eigenvalue weighted by Gasteiger charge is 2.36. The molecule has 0 saturated heterocycles. The minimum absolute atomic E-state index is 0.0414. The fourth-order valence-corrected chi connectivity index (χ4v) is 9.01. The van der Waals surface area contributed by atoms with Gasteiger partial charge in [0.05, 0.1) is 5.69 Å². The van der Waals surface area contributed by atoms with E-state index in [-0.39, 0.29) is 10.8 Å². The van der Waals surface area contributed by atoms with E-state index in [9.17, 15) is 0 Å². The van der Waals surface area contributed by atoms with Gasteiger partial charge < -0.3 is 4.90 Å². The van der Waals surface area contributed by atoms with Crippen molar-refractivity contribution in [1.82, 2.24) is 0 Å². The van der Waals surface area contributed by atoms with Gasteiger partial charge in [-0.25, -0.2) is 0 Å². The molecule has 270 valence electrons. The first-order chi connectivity index (χ1) is 27.2. The van der Waals surface area contributed by atoms with E-state index in [0.717, 1.165) is 17.1 Å². The Kier molecular flexibility index (Phi) is 8.52. The first-order valence-electron chi connectivity index (χ1n) is 19.6. The Morgan fingerprint density at radius 2 is 0.964 bits per heavy atom. The molecule has 0 N–H and O–H groups in total. The lowest BCUT2D eigenvalue weighted by Crippen LogP contribution is -2.15. The van der Waals surface area contributed by atoms with Crippen LogP contribution in [-0.4, -0.2) is 0 Å². The number of fused-ring (bicyclic) bond motifs is 4. The number of hydrogen-bond donors (Lipinski definition) is 0. The molecule has 0 saturated carbocycles. The van der Waals surface area contributed by atoms with Crippen molar-refractivity contribution < 1.29 is 0 Å². The van der Waals surface area contributed by atoms with Gasteiger partial charge in [0, 0.05) is 27.8 Å². The molecule has 0 fully saturated rings. The summed E-state index contributed by atoms with van der Waals surface area (Å²) < 4.78 is 0. The molecule has 56 heavy (non-hydrogen) atoms. The maximum absolute atomic E-state index is 5.59. The van der Waals surface area contributed by atoms with Crippen molar-refractivity contribution in [2.45, 2.75) is 45.4 Å². The molecule has 7 aromatic rings. The molecule has 0 unspecified atom stereocenters. The Balaban J connectivity index is 1.10. The summed E-state index contributed by atoms with van der Waals surface area (Å²) in [6.07, 6.45) is 9.47. The maximum Gasteiger partial charge on any atom is 0.0540 e. The molecule has 1 heteroatoms. The summed E-state index contributed by atoms with van der Waals surface area (Å²) in [5.74, 6) is 2.67. The molecule has 0 heterocycles. The summed E-state index contributed by atoms with van der Waals surface area (Å²) in [7, 11) is 0. The van der Waals surface area contributed by atoms with Crippen LogP contribution in [0.15, 0.2) is 182 Å². The largest absolute Gasteiger partial charge is 0.310 e. The number of para-hydroxylation sites is 1. The number of rotatable bonds is 7. The summed E-state index contributed by atoms with van der Waals surface area (Å²) in [4.78, 5) is 2.39. The average Bonchev–Trinajstić information content (AvgIpc) is 3.58. The molecule has 7 aromatic carbocycles. The van der Waals surface area contributed by atoms with Crippen LogP contribution in [0.4, 0.5) is 17.1 Å². The van der Waals surface area contributed by atoms with Gasteiger partial charge in [-0.3, -0.25) is 0 Å². The molecule has 2 aliphatic rings. The van der Waals surface area contributed by atoms with E-state index in [2.05, 4.69) is 215 Å². The molecule has 0 atom stereocenters. The smallest absolute Gasteiger partial charge is 0.0540 e. The van der Waals surface area contributed by atoms with E-state index < -0.39 is 0 Å². The lowest BCUT2D eigenvalue weighted by atomic mass is 9.81. The van der Waals surface area contributed by atoms with Gasteiger partial charge in [0.25, 0.3) is 0 Å². The fourth-order valence-electron chi connectivity index (χ4n) is 9.01. The van der Waals surface area contributed by atoms with Crippen molar-refractivity contribution >= 4 is 22.6 Å². The highest BCUT2D eigenvalue weighted by Crippen LogP contribution is 2.50. The lowest BCUT2D eigenvalue weighted by Gasteiger charge is -2.28. The first-order valence-corrected chi connectivity index (χ1v) is 19.6. The summed E-state index contributed by atoms with van der Waals surface area (Å²) in [6.45, 7) is 11.5. The predicted molar refractivity (Wildman–Crippen MR) is 239 cm³/mol. The quantitative estimate of drug-likeness (QED) is 0.148. The average molecular weight is 720 g/mol. The summed E-state index contributed by atoms with van der Waals surface area (Å²) >= 11 is 0. The van der Waals surface area contributed by atoms with Crippen molar-refractivity contribution in [3.8, 4) is 56.9 Å². The first kappa shape index (κ1) is 35.1. The highest BCUT2D eigenvalue weighted by atomic mass is 15.1. The van der Waals surface area contributed by atoms with Crippen molar-refractivity contribution in [3.63, 3.8) is 0 Å².